The second-order valence-corrected chi connectivity index (χ2v) is 9.85. The molecule has 0 saturated carbocycles. The van der Waals surface area contributed by atoms with Crippen LogP contribution >= 0.6 is 11.6 Å². The fraction of sp³-hybridized carbons (Fsp3) is 0.400. The van der Waals surface area contributed by atoms with Gasteiger partial charge < -0.3 is 0 Å². The number of carbonyl (C=O) groups is 1. The molecular formula is C20H23ClN2O3S. The molecule has 0 N–H and O–H groups in total. The van der Waals surface area contributed by atoms with E-state index in [0.29, 0.717) is 34.3 Å². The van der Waals surface area contributed by atoms with Gasteiger partial charge in [-0.15, -0.1) is 0 Å². The molecule has 1 aromatic heterocycles. The Morgan fingerprint density at radius 3 is 2.52 bits per heavy atom. The second-order valence-electron chi connectivity index (χ2n) is 7.27. The van der Waals surface area contributed by atoms with Crippen molar-refractivity contribution >= 4 is 33.3 Å². The van der Waals surface area contributed by atoms with E-state index in [1.54, 1.807) is 17.7 Å². The van der Waals surface area contributed by atoms with Crippen molar-refractivity contribution in [1.29, 1.82) is 0 Å². The van der Waals surface area contributed by atoms with Crippen LogP contribution in [0, 0.1) is 6.92 Å². The van der Waals surface area contributed by atoms with Crippen molar-refractivity contribution in [3.8, 4) is 0 Å². The average molecular weight is 407 g/mol. The van der Waals surface area contributed by atoms with Crippen LogP contribution in [0.2, 0.25) is 5.15 Å². The van der Waals surface area contributed by atoms with Gasteiger partial charge in [0, 0.05) is 11.1 Å². The standard InChI is InChI=1S/C20H23ClN2O3S/c1-13(2)15-4-6-16(7-5-15)19(24)9-8-18-14(3)22-23(20(18)21)17-10-11-27(25,26)12-17/h4-9,13,17H,10-12H2,1-3H3/b9-8+/t17-/m0/s1. The molecule has 1 aromatic carbocycles. The van der Waals surface area contributed by atoms with Crippen LogP contribution in [-0.2, 0) is 9.84 Å². The Bertz CT molecular complexity index is 989. The number of rotatable bonds is 5. The van der Waals surface area contributed by atoms with Gasteiger partial charge in [0.25, 0.3) is 0 Å². The Morgan fingerprint density at radius 2 is 1.96 bits per heavy atom. The SMILES string of the molecule is Cc1nn([C@H]2CCS(=O)(=O)C2)c(Cl)c1/C=C/C(=O)c1ccc(C(C)C)cc1. The number of halogens is 1. The van der Waals surface area contributed by atoms with Crippen LogP contribution in [0.1, 0.15) is 59.4 Å². The molecule has 7 heteroatoms. The lowest BCUT2D eigenvalue weighted by molar-refractivity contribution is 0.104. The zero-order valence-corrected chi connectivity index (χ0v) is 17.2. The summed E-state index contributed by atoms with van der Waals surface area (Å²) in [6.07, 6.45) is 3.65. The summed E-state index contributed by atoms with van der Waals surface area (Å²) in [6, 6.07) is 7.32. The van der Waals surface area contributed by atoms with Crippen LogP contribution in [0.3, 0.4) is 0 Å². The Balaban J connectivity index is 1.80. The topological polar surface area (TPSA) is 69.0 Å². The highest BCUT2D eigenvalue weighted by Gasteiger charge is 2.31. The molecule has 0 spiro atoms. The molecule has 0 bridgehead atoms. The first kappa shape index (κ1) is 19.8. The van der Waals surface area contributed by atoms with E-state index in [-0.39, 0.29) is 23.3 Å². The molecule has 0 radical (unpaired) electrons. The minimum absolute atomic E-state index is 0.0537. The van der Waals surface area contributed by atoms with Gasteiger partial charge in [0.05, 0.1) is 23.2 Å². The summed E-state index contributed by atoms with van der Waals surface area (Å²) in [5.74, 6) is 0.509. The monoisotopic (exact) mass is 406 g/mol. The number of hydrogen-bond acceptors (Lipinski definition) is 4. The second kappa shape index (κ2) is 7.60. The molecule has 27 heavy (non-hydrogen) atoms. The maximum atomic E-state index is 12.4. The van der Waals surface area contributed by atoms with Gasteiger partial charge in [-0.25, -0.2) is 13.1 Å². The zero-order valence-electron chi connectivity index (χ0n) is 15.6. The van der Waals surface area contributed by atoms with Crippen molar-refractivity contribution in [2.45, 2.75) is 39.2 Å². The molecule has 1 aliphatic rings. The van der Waals surface area contributed by atoms with Crippen molar-refractivity contribution in [2.24, 2.45) is 0 Å². The Hall–Kier alpha value is -1.92. The van der Waals surface area contributed by atoms with Gasteiger partial charge in [-0.2, -0.15) is 5.10 Å². The van der Waals surface area contributed by atoms with E-state index in [1.165, 1.54) is 11.6 Å². The summed E-state index contributed by atoms with van der Waals surface area (Å²) in [5.41, 5.74) is 3.11. The highest BCUT2D eigenvalue weighted by Crippen LogP contribution is 2.30. The van der Waals surface area contributed by atoms with Crippen LogP contribution in [-0.4, -0.2) is 35.5 Å². The number of hydrogen-bond donors (Lipinski definition) is 0. The Morgan fingerprint density at radius 1 is 1.30 bits per heavy atom. The Kier molecular flexibility index (Phi) is 5.58. The van der Waals surface area contributed by atoms with Gasteiger partial charge in [-0.3, -0.25) is 4.79 Å². The molecule has 5 nitrogen and oxygen atoms in total. The molecule has 0 aliphatic carbocycles. The number of aryl methyl sites for hydroxylation is 1. The lowest BCUT2D eigenvalue weighted by atomic mass is 10.0. The van der Waals surface area contributed by atoms with E-state index in [1.807, 2.05) is 24.3 Å². The molecule has 0 unspecified atom stereocenters. The van der Waals surface area contributed by atoms with Crippen molar-refractivity contribution < 1.29 is 13.2 Å². The van der Waals surface area contributed by atoms with E-state index in [9.17, 15) is 13.2 Å². The van der Waals surface area contributed by atoms with Crippen LogP contribution in [0.15, 0.2) is 30.3 Å². The van der Waals surface area contributed by atoms with Crippen molar-refractivity contribution in [1.82, 2.24) is 9.78 Å². The van der Waals surface area contributed by atoms with E-state index < -0.39 is 9.84 Å². The van der Waals surface area contributed by atoms with Gasteiger partial charge in [0.15, 0.2) is 15.6 Å². The lowest BCUT2D eigenvalue weighted by Crippen LogP contribution is -2.12. The maximum absolute atomic E-state index is 12.4. The number of allylic oxidation sites excluding steroid dienone is 1. The molecule has 1 atom stereocenters. The number of ketones is 1. The highest BCUT2D eigenvalue weighted by atomic mass is 35.5. The fourth-order valence-electron chi connectivity index (χ4n) is 3.22. The number of nitrogens with zero attached hydrogens (tertiary/aromatic N) is 2. The molecule has 1 aliphatic heterocycles. The van der Waals surface area contributed by atoms with Gasteiger partial charge in [0.2, 0.25) is 0 Å². The molecule has 1 fully saturated rings. The number of aromatic nitrogens is 2. The largest absolute Gasteiger partial charge is 0.289 e. The molecule has 0 amide bonds. The van der Waals surface area contributed by atoms with Gasteiger partial charge >= 0.3 is 0 Å². The smallest absolute Gasteiger partial charge is 0.185 e. The summed E-state index contributed by atoms with van der Waals surface area (Å²) in [7, 11) is -3.03. The predicted molar refractivity (Wildman–Crippen MR) is 108 cm³/mol. The quantitative estimate of drug-likeness (QED) is 0.550. The van der Waals surface area contributed by atoms with Crippen LogP contribution in [0.5, 0.6) is 0 Å². The van der Waals surface area contributed by atoms with Crippen LogP contribution < -0.4 is 0 Å². The van der Waals surface area contributed by atoms with Gasteiger partial charge in [-0.05, 0) is 37.0 Å². The summed E-state index contributed by atoms with van der Waals surface area (Å²) in [4.78, 5) is 12.4. The molecule has 144 valence electrons. The van der Waals surface area contributed by atoms with Crippen molar-refractivity contribution in [3.05, 3.63) is 57.9 Å². The number of carbonyl (C=O) groups excluding carboxylic acids is 1. The van der Waals surface area contributed by atoms with E-state index in [4.69, 9.17) is 11.6 Å². The number of benzene rings is 1. The Labute approximate surface area is 165 Å². The molecule has 3 rings (SSSR count). The van der Waals surface area contributed by atoms with E-state index in [0.717, 1.165) is 0 Å². The van der Waals surface area contributed by atoms with Crippen LogP contribution in [0.25, 0.3) is 6.08 Å². The first-order chi connectivity index (χ1) is 12.7. The van der Waals surface area contributed by atoms with Crippen LogP contribution in [0.4, 0.5) is 0 Å². The van der Waals surface area contributed by atoms with Crippen molar-refractivity contribution in [3.63, 3.8) is 0 Å². The first-order valence-corrected chi connectivity index (χ1v) is 11.2. The van der Waals surface area contributed by atoms with Gasteiger partial charge in [0.1, 0.15) is 5.15 Å². The fourth-order valence-corrected chi connectivity index (χ4v) is 5.29. The van der Waals surface area contributed by atoms with E-state index >= 15 is 0 Å². The van der Waals surface area contributed by atoms with Gasteiger partial charge in [-0.1, -0.05) is 49.7 Å². The van der Waals surface area contributed by atoms with Crippen molar-refractivity contribution in [2.75, 3.05) is 11.5 Å². The normalized spacial score (nSPS) is 19.2. The summed E-state index contributed by atoms with van der Waals surface area (Å²) in [5, 5.41) is 4.77. The minimum Gasteiger partial charge on any atom is -0.289 e. The third-order valence-corrected chi connectivity index (χ3v) is 7.02. The molecule has 2 heterocycles. The summed E-state index contributed by atoms with van der Waals surface area (Å²) < 4.78 is 25.0. The third-order valence-electron chi connectivity index (χ3n) is 4.89. The molecule has 1 saturated heterocycles. The average Bonchev–Trinajstić information content (AvgIpc) is 3.12. The van der Waals surface area contributed by atoms with E-state index in [2.05, 4.69) is 18.9 Å². The lowest BCUT2D eigenvalue weighted by Gasteiger charge is -2.09. The summed E-state index contributed by atoms with van der Waals surface area (Å²) >= 11 is 6.43. The zero-order chi connectivity index (χ0) is 19.8. The maximum Gasteiger partial charge on any atom is 0.185 e. The predicted octanol–water partition coefficient (Wildman–Crippen LogP) is 4.22. The molecule has 2 aromatic rings. The minimum atomic E-state index is -3.03. The third kappa shape index (κ3) is 4.33. The summed E-state index contributed by atoms with van der Waals surface area (Å²) in [6.45, 7) is 6.01. The molecular weight excluding hydrogens is 384 g/mol. The highest BCUT2D eigenvalue weighted by molar-refractivity contribution is 7.91. The first-order valence-electron chi connectivity index (χ1n) is 8.95. The number of sulfone groups is 1.